The normalized spacial score (nSPS) is 11.6. The fraction of sp³-hybridized carbons (Fsp3) is 0.300. The lowest BCUT2D eigenvalue weighted by molar-refractivity contribution is -0.137. The van der Waals surface area contributed by atoms with Gasteiger partial charge < -0.3 is 15.2 Å². The Morgan fingerprint density at radius 3 is 2.35 bits per heavy atom. The molecular weight excluding hydrogens is 337 g/mol. The summed E-state index contributed by atoms with van der Waals surface area (Å²) in [5.74, 6) is -1.09. The summed E-state index contributed by atoms with van der Waals surface area (Å²) in [6, 6.07) is 12.8. The second-order valence-corrected chi connectivity index (χ2v) is 5.87. The molecule has 2 aromatic rings. The molecule has 2 rings (SSSR count). The van der Waals surface area contributed by atoms with Gasteiger partial charge in [-0.1, -0.05) is 19.1 Å². The first-order valence-electron chi connectivity index (χ1n) is 8.50. The van der Waals surface area contributed by atoms with E-state index < -0.39 is 5.97 Å². The van der Waals surface area contributed by atoms with Gasteiger partial charge in [0.1, 0.15) is 11.6 Å². The Morgan fingerprint density at radius 1 is 1.12 bits per heavy atom. The van der Waals surface area contributed by atoms with Crippen molar-refractivity contribution in [3.63, 3.8) is 0 Å². The molecule has 0 saturated carbocycles. The third-order valence-electron chi connectivity index (χ3n) is 3.92. The molecule has 0 aliphatic rings. The Morgan fingerprint density at radius 2 is 1.77 bits per heavy atom. The van der Waals surface area contributed by atoms with Crippen LogP contribution >= 0.6 is 0 Å². The first-order valence-corrected chi connectivity index (χ1v) is 8.50. The minimum Gasteiger partial charge on any atom is -0.494 e. The van der Waals surface area contributed by atoms with Crippen LogP contribution in [0.5, 0.6) is 5.75 Å². The number of amides is 1. The van der Waals surface area contributed by atoms with Gasteiger partial charge in [-0.2, -0.15) is 0 Å². The molecule has 1 amide bonds. The predicted octanol–water partition coefficient (Wildman–Crippen LogP) is 4.20. The smallest absolute Gasteiger partial charge is 0.303 e. The lowest BCUT2D eigenvalue weighted by Gasteiger charge is -2.16. The van der Waals surface area contributed by atoms with E-state index in [0.717, 1.165) is 5.56 Å². The van der Waals surface area contributed by atoms with E-state index in [4.69, 9.17) is 9.84 Å². The molecule has 0 radical (unpaired) electrons. The summed E-state index contributed by atoms with van der Waals surface area (Å²) in [6.45, 7) is 2.22. The molecule has 26 heavy (non-hydrogen) atoms. The van der Waals surface area contributed by atoms with E-state index in [1.165, 1.54) is 12.1 Å². The van der Waals surface area contributed by atoms with Gasteiger partial charge >= 0.3 is 5.97 Å². The Balaban J connectivity index is 1.91. The van der Waals surface area contributed by atoms with E-state index in [-0.39, 0.29) is 24.1 Å². The standard InChI is InChI=1S/C20H22FNO4/c1-2-18(14-5-7-15(21)8-6-14)20(25)22-16-9-11-17(12-10-16)26-13-3-4-19(23)24/h5-12,18H,2-4,13H2,1H3,(H,22,25)(H,23,24). The van der Waals surface area contributed by atoms with E-state index in [1.807, 2.05) is 6.92 Å². The molecule has 0 aliphatic carbocycles. The summed E-state index contributed by atoms with van der Waals surface area (Å²) < 4.78 is 18.5. The van der Waals surface area contributed by atoms with Crippen molar-refractivity contribution in [3.05, 3.63) is 59.9 Å². The molecule has 1 unspecified atom stereocenters. The van der Waals surface area contributed by atoms with Crippen LogP contribution < -0.4 is 10.1 Å². The van der Waals surface area contributed by atoms with Gasteiger partial charge in [-0.05, 0) is 54.8 Å². The van der Waals surface area contributed by atoms with Crippen LogP contribution in [-0.2, 0) is 9.59 Å². The summed E-state index contributed by atoms with van der Waals surface area (Å²) in [4.78, 5) is 22.9. The van der Waals surface area contributed by atoms with E-state index in [2.05, 4.69) is 5.32 Å². The van der Waals surface area contributed by atoms with Gasteiger partial charge in [-0.15, -0.1) is 0 Å². The van der Waals surface area contributed by atoms with Gasteiger partial charge in [-0.25, -0.2) is 4.39 Å². The molecule has 0 fully saturated rings. The number of anilines is 1. The van der Waals surface area contributed by atoms with Crippen LogP contribution in [0, 0.1) is 5.82 Å². The highest BCUT2D eigenvalue weighted by Crippen LogP contribution is 2.23. The maximum absolute atomic E-state index is 13.0. The zero-order valence-corrected chi connectivity index (χ0v) is 14.6. The van der Waals surface area contributed by atoms with Crippen molar-refractivity contribution in [2.75, 3.05) is 11.9 Å². The fourth-order valence-electron chi connectivity index (χ4n) is 2.54. The number of carboxylic acid groups (broad SMARTS) is 1. The number of halogens is 1. The molecule has 0 aliphatic heterocycles. The highest BCUT2D eigenvalue weighted by molar-refractivity contribution is 5.95. The average molecular weight is 359 g/mol. The van der Waals surface area contributed by atoms with E-state index in [1.54, 1.807) is 36.4 Å². The number of carbonyl (C=O) groups is 2. The zero-order chi connectivity index (χ0) is 18.9. The van der Waals surface area contributed by atoms with E-state index in [0.29, 0.717) is 30.9 Å². The molecule has 0 heterocycles. The second kappa shape index (κ2) is 9.56. The first kappa shape index (κ1) is 19.4. The fourth-order valence-corrected chi connectivity index (χ4v) is 2.54. The number of aliphatic carboxylic acids is 1. The van der Waals surface area contributed by atoms with E-state index in [9.17, 15) is 14.0 Å². The monoisotopic (exact) mass is 359 g/mol. The van der Waals surface area contributed by atoms with Crippen LogP contribution in [0.15, 0.2) is 48.5 Å². The lowest BCUT2D eigenvalue weighted by atomic mass is 9.95. The Kier molecular flexibility index (Phi) is 7.14. The largest absolute Gasteiger partial charge is 0.494 e. The maximum Gasteiger partial charge on any atom is 0.303 e. The van der Waals surface area contributed by atoms with Gasteiger partial charge in [0.2, 0.25) is 5.91 Å². The van der Waals surface area contributed by atoms with Gasteiger partial charge in [0, 0.05) is 12.1 Å². The van der Waals surface area contributed by atoms with Crippen molar-refractivity contribution in [2.45, 2.75) is 32.1 Å². The van der Waals surface area contributed by atoms with Gasteiger partial charge in [0.15, 0.2) is 0 Å². The Hall–Kier alpha value is -2.89. The van der Waals surface area contributed by atoms with Crippen LogP contribution in [0.25, 0.3) is 0 Å². The van der Waals surface area contributed by atoms with Crippen molar-refractivity contribution < 1.29 is 23.8 Å². The summed E-state index contributed by atoms with van der Waals surface area (Å²) in [5, 5.41) is 11.4. The zero-order valence-electron chi connectivity index (χ0n) is 14.6. The van der Waals surface area contributed by atoms with Crippen molar-refractivity contribution >= 4 is 17.6 Å². The molecular formula is C20H22FNO4. The molecule has 0 spiro atoms. The topological polar surface area (TPSA) is 75.6 Å². The van der Waals surface area contributed by atoms with Crippen LogP contribution in [0.4, 0.5) is 10.1 Å². The number of nitrogens with one attached hydrogen (secondary N) is 1. The molecule has 5 nitrogen and oxygen atoms in total. The molecule has 0 aromatic heterocycles. The molecule has 1 atom stereocenters. The van der Waals surface area contributed by atoms with Crippen molar-refractivity contribution in [2.24, 2.45) is 0 Å². The lowest BCUT2D eigenvalue weighted by Crippen LogP contribution is -2.20. The van der Waals surface area contributed by atoms with Gasteiger partial charge in [0.05, 0.1) is 12.5 Å². The first-order chi connectivity index (χ1) is 12.5. The molecule has 6 heteroatoms. The summed E-state index contributed by atoms with van der Waals surface area (Å²) in [6.07, 6.45) is 1.10. The number of ether oxygens (including phenoxy) is 1. The molecule has 0 bridgehead atoms. The predicted molar refractivity (Wildman–Crippen MR) is 96.9 cm³/mol. The van der Waals surface area contributed by atoms with Crippen LogP contribution in [0.1, 0.15) is 37.7 Å². The van der Waals surface area contributed by atoms with Gasteiger partial charge in [0.25, 0.3) is 0 Å². The summed E-state index contributed by atoms with van der Waals surface area (Å²) >= 11 is 0. The van der Waals surface area contributed by atoms with Crippen molar-refractivity contribution in [3.8, 4) is 5.75 Å². The Bertz CT molecular complexity index is 728. The minimum absolute atomic E-state index is 0.0654. The van der Waals surface area contributed by atoms with Crippen molar-refractivity contribution in [1.82, 2.24) is 0 Å². The van der Waals surface area contributed by atoms with Gasteiger partial charge in [-0.3, -0.25) is 9.59 Å². The average Bonchev–Trinajstić information content (AvgIpc) is 2.62. The van der Waals surface area contributed by atoms with E-state index >= 15 is 0 Å². The highest BCUT2D eigenvalue weighted by atomic mass is 19.1. The van der Waals surface area contributed by atoms with Crippen LogP contribution in [0.3, 0.4) is 0 Å². The number of carboxylic acids is 1. The molecule has 2 N–H and O–H groups in total. The number of rotatable bonds is 9. The van der Waals surface area contributed by atoms with Crippen LogP contribution in [0.2, 0.25) is 0 Å². The quantitative estimate of drug-likeness (QED) is 0.658. The number of hydrogen-bond donors (Lipinski definition) is 2. The molecule has 2 aromatic carbocycles. The van der Waals surface area contributed by atoms with Crippen molar-refractivity contribution in [1.29, 1.82) is 0 Å². The summed E-state index contributed by atoms with van der Waals surface area (Å²) in [5.41, 5.74) is 1.40. The highest BCUT2D eigenvalue weighted by Gasteiger charge is 2.18. The SMILES string of the molecule is CCC(C(=O)Nc1ccc(OCCCC(=O)O)cc1)c1ccc(F)cc1. The second-order valence-electron chi connectivity index (χ2n) is 5.87. The molecule has 138 valence electrons. The summed E-state index contributed by atoms with van der Waals surface area (Å²) in [7, 11) is 0. The third kappa shape index (κ3) is 5.88. The number of hydrogen-bond acceptors (Lipinski definition) is 3. The number of benzene rings is 2. The Labute approximate surface area is 151 Å². The third-order valence-corrected chi connectivity index (χ3v) is 3.92. The number of carbonyl (C=O) groups excluding carboxylic acids is 1. The molecule has 0 saturated heterocycles. The van der Waals surface area contributed by atoms with Crippen LogP contribution in [-0.4, -0.2) is 23.6 Å². The maximum atomic E-state index is 13.0. The minimum atomic E-state index is -0.849.